The van der Waals surface area contributed by atoms with E-state index in [1.807, 2.05) is 44.2 Å². The van der Waals surface area contributed by atoms with E-state index in [1.54, 1.807) is 0 Å². The molecule has 1 amide bonds. The van der Waals surface area contributed by atoms with Gasteiger partial charge in [-0.1, -0.05) is 18.2 Å². The van der Waals surface area contributed by atoms with E-state index in [2.05, 4.69) is 28.4 Å². The molecule has 1 aliphatic rings. The number of para-hydroxylation sites is 1. The lowest BCUT2D eigenvalue weighted by Crippen LogP contribution is -2.36. The Kier molecular flexibility index (Phi) is 5.04. The molecule has 1 aliphatic heterocycles. The Bertz CT molecular complexity index is 695. The lowest BCUT2D eigenvalue weighted by molar-refractivity contribution is -0.115. The second-order valence-electron chi connectivity index (χ2n) is 6.39. The average Bonchev–Trinajstić information content (AvgIpc) is 2.56. The Morgan fingerprint density at radius 2 is 1.92 bits per heavy atom. The second kappa shape index (κ2) is 7.39. The van der Waals surface area contributed by atoms with Crippen LogP contribution in [0.5, 0.6) is 5.75 Å². The Balaban J connectivity index is 1.60. The second-order valence-corrected chi connectivity index (χ2v) is 6.39. The van der Waals surface area contributed by atoms with E-state index in [9.17, 15) is 4.79 Å². The molecule has 0 bridgehead atoms. The molecule has 0 saturated carbocycles. The molecule has 4 heteroatoms. The highest BCUT2D eigenvalue weighted by Gasteiger charge is 2.18. The van der Waals surface area contributed by atoms with Gasteiger partial charge in [-0.2, -0.15) is 0 Å². The molecule has 0 aromatic heterocycles. The maximum absolute atomic E-state index is 12.4. The van der Waals surface area contributed by atoms with Crippen LogP contribution in [-0.2, 0) is 11.2 Å². The minimum absolute atomic E-state index is 0.00392. The van der Waals surface area contributed by atoms with Crippen molar-refractivity contribution in [1.82, 2.24) is 0 Å². The molecule has 24 heavy (non-hydrogen) atoms. The van der Waals surface area contributed by atoms with Crippen molar-refractivity contribution in [3.63, 3.8) is 0 Å². The van der Waals surface area contributed by atoms with Crippen LogP contribution in [-0.4, -0.2) is 25.1 Å². The van der Waals surface area contributed by atoms with Crippen LogP contribution in [0.25, 0.3) is 0 Å². The lowest BCUT2D eigenvalue weighted by atomic mass is 10.0. The van der Waals surface area contributed by atoms with Crippen LogP contribution in [0.1, 0.15) is 25.8 Å². The van der Waals surface area contributed by atoms with Gasteiger partial charge in [0.25, 0.3) is 0 Å². The third-order valence-corrected chi connectivity index (χ3v) is 4.05. The molecule has 0 aliphatic carbocycles. The highest BCUT2D eigenvalue weighted by molar-refractivity contribution is 5.94. The summed E-state index contributed by atoms with van der Waals surface area (Å²) in [5, 5.41) is 2.96. The third-order valence-electron chi connectivity index (χ3n) is 4.05. The van der Waals surface area contributed by atoms with Crippen molar-refractivity contribution in [2.75, 3.05) is 23.3 Å². The minimum Gasteiger partial charge on any atom is -0.491 e. The largest absolute Gasteiger partial charge is 0.491 e. The van der Waals surface area contributed by atoms with Gasteiger partial charge in [0.05, 0.1) is 12.6 Å². The predicted molar refractivity (Wildman–Crippen MR) is 97.8 cm³/mol. The number of carbonyl (C=O) groups is 1. The fraction of sp³-hybridized carbons (Fsp3) is 0.350. The molecule has 0 fully saturated rings. The fourth-order valence-electron chi connectivity index (χ4n) is 3.04. The number of benzene rings is 2. The number of anilines is 2. The molecule has 1 N–H and O–H groups in total. The van der Waals surface area contributed by atoms with Gasteiger partial charge in [0.15, 0.2) is 0 Å². The average molecular weight is 324 g/mol. The van der Waals surface area contributed by atoms with E-state index < -0.39 is 0 Å². The van der Waals surface area contributed by atoms with Gasteiger partial charge in [0, 0.05) is 17.9 Å². The molecule has 0 atom stereocenters. The number of hydrogen-bond donors (Lipinski definition) is 1. The zero-order chi connectivity index (χ0) is 16.9. The van der Waals surface area contributed by atoms with Gasteiger partial charge >= 0.3 is 0 Å². The van der Waals surface area contributed by atoms with Crippen LogP contribution < -0.4 is 15.0 Å². The number of amides is 1. The summed E-state index contributed by atoms with van der Waals surface area (Å²) in [5.74, 6) is 0.817. The zero-order valence-corrected chi connectivity index (χ0v) is 14.3. The Morgan fingerprint density at radius 1 is 1.17 bits per heavy atom. The van der Waals surface area contributed by atoms with Crippen molar-refractivity contribution in [2.45, 2.75) is 32.8 Å². The number of carbonyl (C=O) groups excluding carboxylic acids is 1. The van der Waals surface area contributed by atoms with Gasteiger partial charge in [-0.25, -0.2) is 0 Å². The summed E-state index contributed by atoms with van der Waals surface area (Å²) in [6, 6.07) is 15.8. The Hall–Kier alpha value is -2.49. The van der Waals surface area contributed by atoms with Crippen LogP contribution in [0.15, 0.2) is 48.5 Å². The summed E-state index contributed by atoms with van der Waals surface area (Å²) in [4.78, 5) is 14.5. The van der Waals surface area contributed by atoms with Crippen molar-refractivity contribution >= 4 is 17.3 Å². The number of ether oxygens (including phenoxy) is 1. The van der Waals surface area contributed by atoms with Crippen LogP contribution >= 0.6 is 0 Å². The van der Waals surface area contributed by atoms with E-state index >= 15 is 0 Å². The SMILES string of the molecule is CC(C)Oc1ccc(NC(=O)CN2CCCc3ccccc32)cc1. The van der Waals surface area contributed by atoms with E-state index in [0.717, 1.165) is 30.8 Å². The summed E-state index contributed by atoms with van der Waals surface area (Å²) in [7, 11) is 0. The number of nitrogens with one attached hydrogen (secondary N) is 1. The molecule has 2 aromatic rings. The van der Waals surface area contributed by atoms with Crippen LogP contribution in [0, 0.1) is 0 Å². The van der Waals surface area contributed by atoms with E-state index in [0.29, 0.717) is 6.54 Å². The van der Waals surface area contributed by atoms with Crippen molar-refractivity contribution in [3.05, 3.63) is 54.1 Å². The smallest absolute Gasteiger partial charge is 0.243 e. The summed E-state index contributed by atoms with van der Waals surface area (Å²) in [6.45, 7) is 5.28. The predicted octanol–water partition coefficient (Wildman–Crippen LogP) is 3.87. The molecule has 3 rings (SSSR count). The molecule has 126 valence electrons. The lowest BCUT2D eigenvalue weighted by Gasteiger charge is -2.30. The Morgan fingerprint density at radius 3 is 2.67 bits per heavy atom. The maximum Gasteiger partial charge on any atom is 0.243 e. The standard InChI is InChI=1S/C20H24N2O2/c1-15(2)24-18-11-9-17(10-12-18)21-20(23)14-22-13-5-7-16-6-3-4-8-19(16)22/h3-4,6,8-12,15H,5,7,13-14H2,1-2H3,(H,21,23). The first-order valence-corrected chi connectivity index (χ1v) is 8.51. The first-order chi connectivity index (χ1) is 11.6. The first kappa shape index (κ1) is 16.4. The number of hydrogen-bond acceptors (Lipinski definition) is 3. The van der Waals surface area contributed by atoms with Gasteiger partial charge in [-0.05, 0) is 62.6 Å². The van der Waals surface area contributed by atoms with E-state index in [1.165, 1.54) is 11.3 Å². The normalized spacial score (nSPS) is 13.5. The van der Waals surface area contributed by atoms with Gasteiger partial charge < -0.3 is 15.0 Å². The fourth-order valence-corrected chi connectivity index (χ4v) is 3.04. The maximum atomic E-state index is 12.4. The monoisotopic (exact) mass is 324 g/mol. The van der Waals surface area contributed by atoms with E-state index in [4.69, 9.17) is 4.74 Å². The summed E-state index contributed by atoms with van der Waals surface area (Å²) >= 11 is 0. The Labute approximate surface area is 143 Å². The molecule has 0 unspecified atom stereocenters. The highest BCUT2D eigenvalue weighted by Crippen LogP contribution is 2.26. The van der Waals surface area contributed by atoms with Crippen LogP contribution in [0.2, 0.25) is 0 Å². The van der Waals surface area contributed by atoms with Gasteiger partial charge in [-0.15, -0.1) is 0 Å². The van der Waals surface area contributed by atoms with Gasteiger partial charge in [0.2, 0.25) is 5.91 Å². The molecule has 4 nitrogen and oxygen atoms in total. The number of aryl methyl sites for hydroxylation is 1. The minimum atomic E-state index is 0.00392. The zero-order valence-electron chi connectivity index (χ0n) is 14.3. The molecule has 1 heterocycles. The molecule has 2 aromatic carbocycles. The molecule has 0 spiro atoms. The highest BCUT2D eigenvalue weighted by atomic mass is 16.5. The summed E-state index contributed by atoms with van der Waals surface area (Å²) < 4.78 is 5.61. The number of nitrogens with zero attached hydrogens (tertiary/aromatic N) is 1. The van der Waals surface area contributed by atoms with Gasteiger partial charge in [-0.3, -0.25) is 4.79 Å². The molecular weight excluding hydrogens is 300 g/mol. The number of rotatable bonds is 5. The summed E-state index contributed by atoms with van der Waals surface area (Å²) in [5.41, 5.74) is 3.30. The van der Waals surface area contributed by atoms with E-state index in [-0.39, 0.29) is 12.0 Å². The van der Waals surface area contributed by atoms with Crippen molar-refractivity contribution in [1.29, 1.82) is 0 Å². The number of fused-ring (bicyclic) bond motifs is 1. The topological polar surface area (TPSA) is 41.6 Å². The third kappa shape index (κ3) is 4.07. The first-order valence-electron chi connectivity index (χ1n) is 8.51. The molecule has 0 radical (unpaired) electrons. The van der Waals surface area contributed by atoms with Crippen molar-refractivity contribution < 1.29 is 9.53 Å². The van der Waals surface area contributed by atoms with Crippen molar-refractivity contribution in [3.8, 4) is 5.75 Å². The molecular formula is C20H24N2O2. The summed E-state index contributed by atoms with van der Waals surface area (Å²) in [6.07, 6.45) is 2.32. The quantitative estimate of drug-likeness (QED) is 0.908. The molecule has 0 saturated heterocycles. The van der Waals surface area contributed by atoms with Crippen LogP contribution in [0.3, 0.4) is 0 Å². The van der Waals surface area contributed by atoms with Crippen molar-refractivity contribution in [2.24, 2.45) is 0 Å². The van der Waals surface area contributed by atoms with Gasteiger partial charge in [0.1, 0.15) is 5.75 Å². The van der Waals surface area contributed by atoms with Crippen LogP contribution in [0.4, 0.5) is 11.4 Å².